The third kappa shape index (κ3) is 2.98. The maximum Gasteiger partial charge on any atom is 0.338 e. The van der Waals surface area contributed by atoms with Crippen LogP contribution >= 0.6 is 0 Å². The van der Waals surface area contributed by atoms with E-state index in [0.717, 1.165) is 0 Å². The number of hydrogen-bond acceptors (Lipinski definition) is 7. The maximum atomic E-state index is 11.6. The molecule has 0 radical (unpaired) electrons. The summed E-state index contributed by atoms with van der Waals surface area (Å²) in [6.45, 7) is 2.11. The molecule has 2 heterocycles. The van der Waals surface area contributed by atoms with E-state index in [1.54, 1.807) is 43.3 Å². The number of furan rings is 1. The van der Waals surface area contributed by atoms with E-state index in [0.29, 0.717) is 23.6 Å². The van der Waals surface area contributed by atoms with Crippen molar-refractivity contribution in [1.82, 2.24) is 10.2 Å². The Hall–Kier alpha value is -3.09. The fraction of sp³-hybridized carbons (Fsp3) is 0.133. The molecule has 0 unspecified atom stereocenters. The number of carbonyl (C=O) groups excluding carboxylic acids is 1. The van der Waals surface area contributed by atoms with Gasteiger partial charge in [-0.05, 0) is 43.3 Å². The summed E-state index contributed by atoms with van der Waals surface area (Å²) in [4.78, 5) is 11.6. The summed E-state index contributed by atoms with van der Waals surface area (Å²) in [5.41, 5.74) is 1.19. The molecule has 0 saturated carbocycles. The van der Waals surface area contributed by atoms with Crippen LogP contribution in [0, 0.1) is 0 Å². The van der Waals surface area contributed by atoms with Gasteiger partial charge in [0.05, 0.1) is 18.4 Å². The van der Waals surface area contributed by atoms with Crippen LogP contribution in [0.3, 0.4) is 0 Å². The van der Waals surface area contributed by atoms with E-state index >= 15 is 0 Å². The Kier molecular flexibility index (Phi) is 3.86. The average Bonchev–Trinajstić information content (AvgIpc) is 3.19. The van der Waals surface area contributed by atoms with E-state index in [2.05, 4.69) is 15.5 Å². The molecule has 0 bridgehead atoms. The van der Waals surface area contributed by atoms with E-state index in [-0.39, 0.29) is 17.9 Å². The van der Waals surface area contributed by atoms with Gasteiger partial charge >= 0.3 is 12.0 Å². The van der Waals surface area contributed by atoms with Gasteiger partial charge in [0.15, 0.2) is 5.76 Å². The first kappa shape index (κ1) is 13.9. The molecule has 0 aliphatic carbocycles. The van der Waals surface area contributed by atoms with Crippen molar-refractivity contribution in [3.63, 3.8) is 0 Å². The quantitative estimate of drug-likeness (QED) is 0.723. The third-order valence-corrected chi connectivity index (χ3v) is 2.80. The van der Waals surface area contributed by atoms with E-state index in [1.807, 2.05) is 0 Å². The number of esters is 1. The standard InChI is InChI=1S/C15H13N3O4/c1-2-20-14(19)10-5-7-11(8-6-10)16-15-18-17-13(22-15)12-4-3-9-21-12/h3-9H,2H2,1H3,(H,16,18). The number of benzene rings is 1. The van der Waals surface area contributed by atoms with Crippen LogP contribution in [-0.4, -0.2) is 22.8 Å². The van der Waals surface area contributed by atoms with Crippen molar-refractivity contribution in [2.24, 2.45) is 0 Å². The number of aromatic nitrogens is 2. The molecule has 7 heteroatoms. The minimum absolute atomic E-state index is 0.232. The molecule has 22 heavy (non-hydrogen) atoms. The number of nitrogens with one attached hydrogen (secondary N) is 1. The van der Waals surface area contributed by atoms with Gasteiger partial charge in [-0.25, -0.2) is 4.79 Å². The van der Waals surface area contributed by atoms with E-state index in [4.69, 9.17) is 13.6 Å². The molecular formula is C15H13N3O4. The second kappa shape index (κ2) is 6.13. The first-order valence-corrected chi connectivity index (χ1v) is 6.68. The highest BCUT2D eigenvalue weighted by Gasteiger charge is 2.11. The molecule has 0 amide bonds. The highest BCUT2D eigenvalue weighted by atomic mass is 16.5. The highest BCUT2D eigenvalue weighted by molar-refractivity contribution is 5.89. The molecule has 0 atom stereocenters. The van der Waals surface area contributed by atoms with Gasteiger partial charge in [0, 0.05) is 5.69 Å². The molecular weight excluding hydrogens is 286 g/mol. The Labute approximate surface area is 125 Å². The van der Waals surface area contributed by atoms with Crippen LogP contribution in [0.25, 0.3) is 11.7 Å². The summed E-state index contributed by atoms with van der Waals surface area (Å²) in [5, 5.41) is 10.7. The van der Waals surface area contributed by atoms with Gasteiger partial charge in [0.25, 0.3) is 5.89 Å². The van der Waals surface area contributed by atoms with Crippen LogP contribution in [0.1, 0.15) is 17.3 Å². The summed E-state index contributed by atoms with van der Waals surface area (Å²) < 4.78 is 15.5. The fourth-order valence-corrected chi connectivity index (χ4v) is 1.80. The number of nitrogens with zero attached hydrogens (tertiary/aromatic N) is 2. The van der Waals surface area contributed by atoms with Crippen LogP contribution in [0.5, 0.6) is 0 Å². The summed E-state index contributed by atoms with van der Waals surface area (Å²) in [5.74, 6) is 0.431. The van der Waals surface area contributed by atoms with Crippen LogP contribution in [0.4, 0.5) is 11.7 Å². The van der Waals surface area contributed by atoms with Crippen molar-refractivity contribution in [3.8, 4) is 11.7 Å². The average molecular weight is 299 g/mol. The Morgan fingerprint density at radius 1 is 1.23 bits per heavy atom. The van der Waals surface area contributed by atoms with E-state index in [9.17, 15) is 4.79 Å². The molecule has 1 aromatic carbocycles. The lowest BCUT2D eigenvalue weighted by Gasteiger charge is -2.03. The minimum atomic E-state index is -0.355. The Morgan fingerprint density at radius 3 is 2.73 bits per heavy atom. The number of rotatable bonds is 5. The second-order valence-electron chi connectivity index (χ2n) is 4.31. The number of ether oxygens (including phenoxy) is 1. The van der Waals surface area contributed by atoms with Gasteiger partial charge in [-0.3, -0.25) is 0 Å². The summed E-state index contributed by atoms with van der Waals surface area (Å²) >= 11 is 0. The van der Waals surface area contributed by atoms with Gasteiger partial charge in [0.1, 0.15) is 0 Å². The second-order valence-corrected chi connectivity index (χ2v) is 4.31. The Bertz CT molecular complexity index is 747. The van der Waals surface area contributed by atoms with Crippen molar-refractivity contribution in [2.45, 2.75) is 6.92 Å². The van der Waals surface area contributed by atoms with Gasteiger partial charge < -0.3 is 18.9 Å². The maximum absolute atomic E-state index is 11.6. The van der Waals surface area contributed by atoms with Crippen molar-refractivity contribution in [1.29, 1.82) is 0 Å². The number of carbonyl (C=O) groups is 1. The molecule has 0 saturated heterocycles. The van der Waals surface area contributed by atoms with Gasteiger partial charge in [-0.1, -0.05) is 5.10 Å². The van der Waals surface area contributed by atoms with Crippen molar-refractivity contribution in [2.75, 3.05) is 11.9 Å². The molecule has 0 spiro atoms. The lowest BCUT2D eigenvalue weighted by molar-refractivity contribution is 0.0526. The third-order valence-electron chi connectivity index (χ3n) is 2.80. The Morgan fingerprint density at radius 2 is 2.05 bits per heavy atom. The van der Waals surface area contributed by atoms with Gasteiger partial charge in [0.2, 0.25) is 0 Å². The molecule has 1 N–H and O–H groups in total. The predicted molar refractivity (Wildman–Crippen MR) is 77.7 cm³/mol. The normalized spacial score (nSPS) is 10.4. The smallest absolute Gasteiger partial charge is 0.338 e. The lowest BCUT2D eigenvalue weighted by atomic mass is 10.2. The van der Waals surface area contributed by atoms with Crippen molar-refractivity contribution < 1.29 is 18.4 Å². The summed E-state index contributed by atoms with van der Waals surface area (Å²) in [7, 11) is 0. The van der Waals surface area contributed by atoms with Gasteiger partial charge in [-0.2, -0.15) is 0 Å². The predicted octanol–water partition coefficient (Wildman–Crippen LogP) is 3.25. The van der Waals surface area contributed by atoms with Crippen LogP contribution in [-0.2, 0) is 4.74 Å². The van der Waals surface area contributed by atoms with Crippen LogP contribution in [0.2, 0.25) is 0 Å². The number of hydrogen-bond donors (Lipinski definition) is 1. The molecule has 2 aromatic heterocycles. The molecule has 0 aliphatic rings. The zero-order valence-electron chi connectivity index (χ0n) is 11.8. The minimum Gasteiger partial charge on any atom is -0.462 e. The van der Waals surface area contributed by atoms with Crippen LogP contribution in [0.15, 0.2) is 51.5 Å². The highest BCUT2D eigenvalue weighted by Crippen LogP contribution is 2.22. The largest absolute Gasteiger partial charge is 0.462 e. The molecule has 0 fully saturated rings. The first-order chi connectivity index (χ1) is 10.8. The van der Waals surface area contributed by atoms with E-state index < -0.39 is 0 Å². The van der Waals surface area contributed by atoms with E-state index in [1.165, 1.54) is 6.26 Å². The van der Waals surface area contributed by atoms with Gasteiger partial charge in [-0.15, -0.1) is 5.10 Å². The Balaban J connectivity index is 1.70. The summed E-state index contributed by atoms with van der Waals surface area (Å²) in [6.07, 6.45) is 1.53. The SMILES string of the molecule is CCOC(=O)c1ccc(Nc2nnc(-c3ccco3)o2)cc1. The fourth-order valence-electron chi connectivity index (χ4n) is 1.80. The molecule has 112 valence electrons. The molecule has 7 nitrogen and oxygen atoms in total. The zero-order valence-corrected chi connectivity index (χ0v) is 11.8. The zero-order chi connectivity index (χ0) is 15.4. The first-order valence-electron chi connectivity index (χ1n) is 6.68. The van der Waals surface area contributed by atoms with Crippen molar-refractivity contribution in [3.05, 3.63) is 48.2 Å². The van der Waals surface area contributed by atoms with Crippen molar-refractivity contribution >= 4 is 17.7 Å². The monoisotopic (exact) mass is 299 g/mol. The topological polar surface area (TPSA) is 90.4 Å². The van der Waals surface area contributed by atoms with Crippen LogP contribution < -0.4 is 5.32 Å². The molecule has 3 rings (SSSR count). The molecule has 3 aromatic rings. The lowest BCUT2D eigenvalue weighted by Crippen LogP contribution is -2.04. The molecule has 0 aliphatic heterocycles. The number of anilines is 2. The summed E-state index contributed by atoms with van der Waals surface area (Å²) in [6, 6.07) is 10.5.